The number of halogens is 3. The number of phenolic OH excluding ortho intramolecular Hbond substituents is 1. The fraction of sp³-hybridized carbons (Fsp3) is 0.294. The molecule has 0 saturated heterocycles. The predicted molar refractivity (Wildman–Crippen MR) is 79.6 cm³/mol. The summed E-state index contributed by atoms with van der Waals surface area (Å²) in [5, 5.41) is 12.4. The van der Waals surface area contributed by atoms with Crippen LogP contribution in [0.1, 0.15) is 35.7 Å². The number of nitrogens with one attached hydrogen (secondary N) is 1. The molecule has 0 spiro atoms. The molecule has 2 rings (SSSR count). The lowest BCUT2D eigenvalue weighted by molar-refractivity contribution is -0.159. The van der Waals surface area contributed by atoms with E-state index in [2.05, 4.69) is 5.32 Å². The highest BCUT2D eigenvalue weighted by Crippen LogP contribution is 2.38. The van der Waals surface area contributed by atoms with Crippen molar-refractivity contribution in [1.82, 2.24) is 5.32 Å². The summed E-state index contributed by atoms with van der Waals surface area (Å²) in [6, 6.07) is 10.7. The Balaban J connectivity index is 2.34. The standard InChI is InChI=1S/C17H18F3NO/c1-11-8-9-15(22)14(10-11)16(17(18,19)20)21-12(2)13-6-4-3-5-7-13/h3-10,12,16,21-22H,1-2H3/t12-,16?/m0/s1. The molecule has 0 amide bonds. The first-order valence-electron chi connectivity index (χ1n) is 6.96. The number of phenols is 1. The maximum Gasteiger partial charge on any atom is 0.408 e. The van der Waals surface area contributed by atoms with E-state index in [0.717, 1.165) is 5.56 Å². The van der Waals surface area contributed by atoms with Crippen molar-refractivity contribution in [1.29, 1.82) is 0 Å². The van der Waals surface area contributed by atoms with Gasteiger partial charge in [-0.15, -0.1) is 0 Å². The molecule has 0 aromatic heterocycles. The Kier molecular flexibility index (Phi) is 4.76. The summed E-state index contributed by atoms with van der Waals surface area (Å²) in [5.41, 5.74) is 1.26. The van der Waals surface area contributed by atoms with E-state index >= 15 is 0 Å². The summed E-state index contributed by atoms with van der Waals surface area (Å²) in [4.78, 5) is 0. The van der Waals surface area contributed by atoms with Crippen molar-refractivity contribution in [3.63, 3.8) is 0 Å². The number of aromatic hydroxyl groups is 1. The van der Waals surface area contributed by atoms with E-state index in [4.69, 9.17) is 0 Å². The minimum absolute atomic E-state index is 0.157. The average Bonchev–Trinajstić information content (AvgIpc) is 2.47. The van der Waals surface area contributed by atoms with Gasteiger partial charge in [0.25, 0.3) is 0 Å². The lowest BCUT2D eigenvalue weighted by Crippen LogP contribution is -2.35. The van der Waals surface area contributed by atoms with Crippen molar-refractivity contribution >= 4 is 0 Å². The van der Waals surface area contributed by atoms with Crippen molar-refractivity contribution in [3.8, 4) is 5.75 Å². The number of benzene rings is 2. The van der Waals surface area contributed by atoms with Gasteiger partial charge in [-0.3, -0.25) is 5.32 Å². The smallest absolute Gasteiger partial charge is 0.408 e. The molecule has 5 heteroatoms. The lowest BCUT2D eigenvalue weighted by Gasteiger charge is -2.27. The molecule has 0 aliphatic carbocycles. The van der Waals surface area contributed by atoms with Crippen LogP contribution >= 0.6 is 0 Å². The normalized spacial score (nSPS) is 14.6. The Morgan fingerprint density at radius 2 is 1.68 bits per heavy atom. The van der Waals surface area contributed by atoms with Gasteiger partial charge in [-0.2, -0.15) is 13.2 Å². The molecular weight excluding hydrogens is 291 g/mol. The van der Waals surface area contributed by atoms with Crippen LogP contribution in [-0.4, -0.2) is 11.3 Å². The zero-order valence-electron chi connectivity index (χ0n) is 12.4. The van der Waals surface area contributed by atoms with Crippen LogP contribution in [0.25, 0.3) is 0 Å². The molecule has 0 saturated carbocycles. The minimum atomic E-state index is -4.51. The molecule has 0 aliphatic heterocycles. The van der Waals surface area contributed by atoms with E-state index in [1.165, 1.54) is 12.1 Å². The van der Waals surface area contributed by atoms with E-state index in [1.54, 1.807) is 44.2 Å². The Hall–Kier alpha value is -2.01. The van der Waals surface area contributed by atoms with Crippen molar-refractivity contribution in [2.45, 2.75) is 32.1 Å². The third-order valence-electron chi connectivity index (χ3n) is 3.54. The summed E-state index contributed by atoms with van der Waals surface area (Å²) in [5.74, 6) is -0.360. The van der Waals surface area contributed by atoms with Crippen LogP contribution in [0.5, 0.6) is 5.75 Å². The SMILES string of the molecule is Cc1ccc(O)c(C(N[C@@H](C)c2ccccc2)C(F)(F)F)c1. The second-order valence-electron chi connectivity index (χ2n) is 5.34. The number of hydrogen-bond acceptors (Lipinski definition) is 2. The number of rotatable bonds is 4. The molecule has 1 unspecified atom stereocenters. The molecule has 0 fully saturated rings. The van der Waals surface area contributed by atoms with Crippen LogP contribution in [0, 0.1) is 6.92 Å². The van der Waals surface area contributed by atoms with E-state index in [-0.39, 0.29) is 11.3 Å². The fourth-order valence-electron chi connectivity index (χ4n) is 2.35. The van der Waals surface area contributed by atoms with Crippen molar-refractivity contribution < 1.29 is 18.3 Å². The molecule has 0 aliphatic rings. The van der Waals surface area contributed by atoms with Crippen LogP contribution in [0.15, 0.2) is 48.5 Å². The van der Waals surface area contributed by atoms with Gasteiger partial charge < -0.3 is 5.11 Å². The molecular formula is C17H18F3NO. The summed E-state index contributed by atoms with van der Waals surface area (Å²) < 4.78 is 40.3. The van der Waals surface area contributed by atoms with Gasteiger partial charge in [0, 0.05) is 11.6 Å². The third-order valence-corrected chi connectivity index (χ3v) is 3.54. The van der Waals surface area contributed by atoms with Gasteiger partial charge in [0.1, 0.15) is 11.8 Å². The summed E-state index contributed by atoms with van der Waals surface area (Å²) >= 11 is 0. The third kappa shape index (κ3) is 3.80. The first kappa shape index (κ1) is 16.4. The summed E-state index contributed by atoms with van der Waals surface area (Å²) in [7, 11) is 0. The van der Waals surface area contributed by atoms with E-state index in [1.807, 2.05) is 6.07 Å². The molecule has 0 bridgehead atoms. The number of aryl methyl sites for hydroxylation is 1. The Bertz CT molecular complexity index is 626. The van der Waals surface area contributed by atoms with Crippen LogP contribution in [0.2, 0.25) is 0 Å². The molecule has 2 N–H and O–H groups in total. The fourth-order valence-corrected chi connectivity index (χ4v) is 2.35. The molecule has 0 radical (unpaired) electrons. The van der Waals surface area contributed by atoms with Crippen molar-refractivity contribution in [2.24, 2.45) is 0 Å². The van der Waals surface area contributed by atoms with Gasteiger partial charge in [0.2, 0.25) is 0 Å². The molecule has 2 nitrogen and oxygen atoms in total. The molecule has 22 heavy (non-hydrogen) atoms. The monoisotopic (exact) mass is 309 g/mol. The van der Waals surface area contributed by atoms with E-state index < -0.39 is 18.3 Å². The zero-order chi connectivity index (χ0) is 16.3. The number of alkyl halides is 3. The quantitative estimate of drug-likeness (QED) is 0.861. The second-order valence-corrected chi connectivity index (χ2v) is 5.34. The molecule has 2 atom stereocenters. The highest BCUT2D eigenvalue weighted by Gasteiger charge is 2.42. The predicted octanol–water partition coefficient (Wildman–Crippen LogP) is 4.65. The Morgan fingerprint density at radius 1 is 1.05 bits per heavy atom. The maximum absolute atomic E-state index is 13.4. The van der Waals surface area contributed by atoms with E-state index in [0.29, 0.717) is 5.56 Å². The second kappa shape index (κ2) is 6.40. The van der Waals surface area contributed by atoms with Crippen LogP contribution < -0.4 is 5.32 Å². The van der Waals surface area contributed by atoms with Gasteiger partial charge >= 0.3 is 6.18 Å². The highest BCUT2D eigenvalue weighted by atomic mass is 19.4. The molecule has 2 aromatic rings. The van der Waals surface area contributed by atoms with Gasteiger partial charge in [-0.25, -0.2) is 0 Å². The van der Waals surface area contributed by atoms with Gasteiger partial charge in [-0.1, -0.05) is 48.0 Å². The minimum Gasteiger partial charge on any atom is -0.508 e. The van der Waals surface area contributed by atoms with Gasteiger partial charge in [-0.05, 0) is 25.5 Å². The van der Waals surface area contributed by atoms with E-state index in [9.17, 15) is 18.3 Å². The van der Waals surface area contributed by atoms with Crippen LogP contribution in [0.4, 0.5) is 13.2 Å². The molecule has 2 aromatic carbocycles. The topological polar surface area (TPSA) is 32.3 Å². The molecule has 0 heterocycles. The maximum atomic E-state index is 13.4. The lowest BCUT2D eigenvalue weighted by atomic mass is 10.00. The van der Waals surface area contributed by atoms with Crippen LogP contribution in [0.3, 0.4) is 0 Å². The number of hydrogen-bond donors (Lipinski definition) is 2. The van der Waals surface area contributed by atoms with Crippen molar-refractivity contribution in [2.75, 3.05) is 0 Å². The molecule has 118 valence electrons. The first-order chi connectivity index (χ1) is 10.3. The highest BCUT2D eigenvalue weighted by molar-refractivity contribution is 5.39. The zero-order valence-corrected chi connectivity index (χ0v) is 12.4. The van der Waals surface area contributed by atoms with Gasteiger partial charge in [0.15, 0.2) is 0 Å². The van der Waals surface area contributed by atoms with Gasteiger partial charge in [0.05, 0.1) is 0 Å². The first-order valence-corrected chi connectivity index (χ1v) is 6.96. The summed E-state index contributed by atoms with van der Waals surface area (Å²) in [6.45, 7) is 3.36. The van der Waals surface area contributed by atoms with Crippen molar-refractivity contribution in [3.05, 3.63) is 65.2 Å². The van der Waals surface area contributed by atoms with Crippen LogP contribution in [-0.2, 0) is 0 Å². The average molecular weight is 309 g/mol. The Morgan fingerprint density at radius 3 is 2.27 bits per heavy atom. The summed E-state index contributed by atoms with van der Waals surface area (Å²) in [6.07, 6.45) is -4.51. The Labute approximate surface area is 127 Å². The largest absolute Gasteiger partial charge is 0.508 e.